The number of ether oxygens (including phenoxy) is 1. The smallest absolute Gasteiger partial charge is 0.407 e. The lowest BCUT2D eigenvalue weighted by molar-refractivity contribution is 0.112. The highest BCUT2D eigenvalue weighted by Gasteiger charge is 2.07. The van der Waals surface area contributed by atoms with E-state index in [4.69, 9.17) is 25.8 Å². The van der Waals surface area contributed by atoms with Crippen LogP contribution in [0.5, 0.6) is 0 Å². The van der Waals surface area contributed by atoms with Crippen molar-refractivity contribution in [3.63, 3.8) is 0 Å². The third kappa shape index (κ3) is 15.6. The summed E-state index contributed by atoms with van der Waals surface area (Å²) in [5, 5.41) is 36.9. The fourth-order valence-corrected chi connectivity index (χ4v) is 1.49. The van der Waals surface area contributed by atoms with Crippen molar-refractivity contribution in [2.24, 2.45) is 5.73 Å². The van der Waals surface area contributed by atoms with Gasteiger partial charge in [0.1, 0.15) is 6.61 Å². The van der Waals surface area contributed by atoms with Gasteiger partial charge in [0.15, 0.2) is 0 Å². The highest BCUT2D eigenvalue weighted by atomic mass is 16.5. The fraction of sp³-hybridized carbons (Fsp3) is 0.588. The Morgan fingerprint density at radius 1 is 1.08 bits per heavy atom. The average molecular weight is 360 g/mol. The predicted molar refractivity (Wildman–Crippen MR) is 95.8 cm³/mol. The minimum Gasteiger partial charge on any atom is -0.445 e. The Morgan fingerprint density at radius 2 is 1.64 bits per heavy atom. The Kier molecular flexibility index (Phi) is 17.5. The minimum absolute atomic E-state index is 0. The zero-order valence-electron chi connectivity index (χ0n) is 13.7. The van der Waals surface area contributed by atoms with Crippen LogP contribution in [0.4, 0.5) is 4.79 Å². The van der Waals surface area contributed by atoms with Gasteiger partial charge in [-0.1, -0.05) is 37.8 Å². The molecule has 0 unspecified atom stereocenters. The quantitative estimate of drug-likeness (QED) is 0.363. The molecule has 0 aliphatic carbocycles. The molecule has 1 aromatic carbocycles. The number of aliphatic hydroxyl groups excluding tert-OH is 4. The SMILES string of the molecule is C.NC[C@@H](O)CCO.O=C(NC[C@@H](O)CCO)OCc1ccccc1. The number of carbonyl (C=O) groups is 1. The van der Waals surface area contributed by atoms with Crippen molar-refractivity contribution in [3.8, 4) is 0 Å². The lowest BCUT2D eigenvalue weighted by Gasteiger charge is -2.10. The van der Waals surface area contributed by atoms with Crippen molar-refractivity contribution in [2.45, 2.75) is 39.1 Å². The van der Waals surface area contributed by atoms with Crippen molar-refractivity contribution in [1.29, 1.82) is 0 Å². The van der Waals surface area contributed by atoms with Gasteiger partial charge in [-0.3, -0.25) is 0 Å². The third-order valence-corrected chi connectivity index (χ3v) is 2.89. The monoisotopic (exact) mass is 360 g/mol. The lowest BCUT2D eigenvalue weighted by atomic mass is 10.2. The second-order valence-electron chi connectivity index (χ2n) is 5.01. The number of carbonyl (C=O) groups excluding carboxylic acids is 1. The Morgan fingerprint density at radius 3 is 2.12 bits per heavy atom. The highest BCUT2D eigenvalue weighted by molar-refractivity contribution is 5.67. The second kappa shape index (κ2) is 17.1. The summed E-state index contributed by atoms with van der Waals surface area (Å²) in [5.74, 6) is 0. The van der Waals surface area contributed by atoms with Crippen molar-refractivity contribution in [2.75, 3.05) is 26.3 Å². The molecule has 0 radical (unpaired) electrons. The van der Waals surface area contributed by atoms with Gasteiger partial charge >= 0.3 is 6.09 Å². The standard InChI is InChI=1S/C12H17NO4.C4H11NO2.CH4/c14-7-6-11(15)8-13-12(16)17-9-10-4-2-1-3-5-10;5-3-4(7)1-2-6;/h1-5,11,14-15H,6-9H2,(H,13,16);4,6-7H,1-3,5H2;1H4/t11-;4-;/m00./s1. The van der Waals surface area contributed by atoms with E-state index in [-0.39, 0.29) is 46.8 Å². The van der Waals surface area contributed by atoms with Gasteiger partial charge in [-0.25, -0.2) is 4.79 Å². The van der Waals surface area contributed by atoms with Gasteiger partial charge in [0.25, 0.3) is 0 Å². The Bertz CT molecular complexity index is 419. The molecule has 0 spiro atoms. The normalized spacial score (nSPS) is 12.0. The van der Waals surface area contributed by atoms with Gasteiger partial charge in [0.05, 0.1) is 12.2 Å². The molecule has 0 bridgehead atoms. The summed E-state index contributed by atoms with van der Waals surface area (Å²) in [4.78, 5) is 11.2. The van der Waals surface area contributed by atoms with Crippen LogP contribution >= 0.6 is 0 Å². The Labute approximate surface area is 149 Å². The molecule has 0 aliphatic rings. The van der Waals surface area contributed by atoms with Crippen LogP contribution in [0, 0.1) is 0 Å². The van der Waals surface area contributed by atoms with E-state index in [9.17, 15) is 9.90 Å². The number of hydrogen-bond donors (Lipinski definition) is 6. The molecule has 0 saturated heterocycles. The maximum atomic E-state index is 11.2. The maximum absolute atomic E-state index is 11.2. The lowest BCUT2D eigenvalue weighted by Crippen LogP contribution is -2.32. The number of amides is 1. The first kappa shape index (κ1) is 25.5. The van der Waals surface area contributed by atoms with E-state index >= 15 is 0 Å². The molecular weight excluding hydrogens is 328 g/mol. The molecule has 7 N–H and O–H groups in total. The molecule has 0 saturated carbocycles. The van der Waals surface area contributed by atoms with Crippen LogP contribution in [-0.4, -0.2) is 65.0 Å². The number of benzene rings is 1. The second-order valence-corrected chi connectivity index (χ2v) is 5.01. The molecule has 146 valence electrons. The van der Waals surface area contributed by atoms with E-state index in [2.05, 4.69) is 5.32 Å². The molecule has 1 aromatic rings. The topological polar surface area (TPSA) is 145 Å². The van der Waals surface area contributed by atoms with Crippen molar-refractivity contribution >= 4 is 6.09 Å². The van der Waals surface area contributed by atoms with Crippen LogP contribution in [-0.2, 0) is 11.3 Å². The Hall–Kier alpha value is -1.71. The summed E-state index contributed by atoms with van der Waals surface area (Å²) in [7, 11) is 0. The molecular formula is C17H32N2O6. The van der Waals surface area contributed by atoms with Crippen LogP contribution in [0.2, 0.25) is 0 Å². The van der Waals surface area contributed by atoms with Crippen LogP contribution < -0.4 is 11.1 Å². The number of rotatable bonds is 9. The van der Waals surface area contributed by atoms with E-state index in [0.29, 0.717) is 6.42 Å². The largest absolute Gasteiger partial charge is 0.445 e. The first-order valence-electron chi connectivity index (χ1n) is 7.75. The van der Waals surface area contributed by atoms with Gasteiger partial charge in [-0.05, 0) is 18.4 Å². The van der Waals surface area contributed by atoms with Gasteiger partial charge in [0.2, 0.25) is 0 Å². The van der Waals surface area contributed by atoms with Gasteiger partial charge in [0, 0.05) is 26.3 Å². The fourth-order valence-electron chi connectivity index (χ4n) is 1.49. The number of nitrogens with one attached hydrogen (secondary N) is 1. The summed E-state index contributed by atoms with van der Waals surface area (Å²) >= 11 is 0. The van der Waals surface area contributed by atoms with E-state index in [1.165, 1.54) is 0 Å². The van der Waals surface area contributed by atoms with Crippen LogP contribution in [0.15, 0.2) is 30.3 Å². The van der Waals surface area contributed by atoms with E-state index in [0.717, 1.165) is 5.56 Å². The molecule has 2 atom stereocenters. The minimum atomic E-state index is -0.746. The van der Waals surface area contributed by atoms with Crippen LogP contribution in [0.25, 0.3) is 0 Å². The van der Waals surface area contributed by atoms with Crippen LogP contribution in [0.3, 0.4) is 0 Å². The van der Waals surface area contributed by atoms with Crippen LogP contribution in [0.1, 0.15) is 25.8 Å². The molecule has 8 nitrogen and oxygen atoms in total. The zero-order valence-corrected chi connectivity index (χ0v) is 13.7. The van der Waals surface area contributed by atoms with Gasteiger partial charge in [-0.15, -0.1) is 0 Å². The first-order valence-corrected chi connectivity index (χ1v) is 7.75. The predicted octanol–water partition coefficient (Wildman–Crippen LogP) is -0.0194. The molecule has 0 heterocycles. The van der Waals surface area contributed by atoms with E-state index in [1.807, 2.05) is 30.3 Å². The average Bonchev–Trinajstić information content (AvgIpc) is 2.60. The molecule has 0 fully saturated rings. The first-order chi connectivity index (χ1) is 11.5. The van der Waals surface area contributed by atoms with Gasteiger partial charge in [-0.2, -0.15) is 0 Å². The third-order valence-electron chi connectivity index (χ3n) is 2.89. The molecule has 0 aliphatic heterocycles. The molecule has 25 heavy (non-hydrogen) atoms. The van der Waals surface area contributed by atoms with E-state index < -0.39 is 18.3 Å². The summed E-state index contributed by atoms with van der Waals surface area (Å²) in [5.41, 5.74) is 5.90. The molecule has 1 amide bonds. The number of alkyl carbamates (subject to hydrolysis) is 1. The summed E-state index contributed by atoms with van der Waals surface area (Å²) < 4.78 is 4.93. The number of aliphatic hydroxyl groups is 4. The molecule has 8 heteroatoms. The van der Waals surface area contributed by atoms with E-state index in [1.54, 1.807) is 0 Å². The van der Waals surface area contributed by atoms with Crippen molar-refractivity contribution < 1.29 is 30.0 Å². The summed E-state index contributed by atoms with van der Waals surface area (Å²) in [6, 6.07) is 9.32. The zero-order chi connectivity index (χ0) is 18.2. The Balaban J connectivity index is 0. The summed E-state index contributed by atoms with van der Waals surface area (Å²) in [6.07, 6.45) is -1.23. The number of nitrogens with two attached hydrogens (primary N) is 1. The molecule has 1 rings (SSSR count). The maximum Gasteiger partial charge on any atom is 0.407 e. The summed E-state index contributed by atoms with van der Waals surface area (Å²) in [6.45, 7) is 0.414. The van der Waals surface area contributed by atoms with Gasteiger partial charge < -0.3 is 36.2 Å². The number of hydrogen-bond acceptors (Lipinski definition) is 7. The van der Waals surface area contributed by atoms with Crippen molar-refractivity contribution in [3.05, 3.63) is 35.9 Å². The molecule has 0 aromatic heterocycles. The highest BCUT2D eigenvalue weighted by Crippen LogP contribution is 2.00. The van der Waals surface area contributed by atoms with Crippen molar-refractivity contribution in [1.82, 2.24) is 5.32 Å².